The van der Waals surface area contributed by atoms with Crippen molar-refractivity contribution in [3.8, 4) is 0 Å². The van der Waals surface area contributed by atoms with Crippen LogP contribution < -0.4 is 21.3 Å². The van der Waals surface area contributed by atoms with E-state index in [1.165, 1.54) is 0 Å². The van der Waals surface area contributed by atoms with Crippen molar-refractivity contribution in [3.05, 3.63) is 6.33 Å². The molecule has 2 saturated heterocycles. The molecule has 2 aliphatic rings. The van der Waals surface area contributed by atoms with Crippen molar-refractivity contribution in [2.24, 2.45) is 0 Å². The fourth-order valence-corrected chi connectivity index (χ4v) is 5.65. The summed E-state index contributed by atoms with van der Waals surface area (Å²) in [5, 5.41) is 14.5. The highest BCUT2D eigenvalue weighted by atomic mass is 15.2. The van der Waals surface area contributed by atoms with E-state index < -0.39 is 0 Å². The summed E-state index contributed by atoms with van der Waals surface area (Å²) in [5.41, 5.74) is 0.332. The van der Waals surface area contributed by atoms with E-state index in [0.29, 0.717) is 24.0 Å². The lowest BCUT2D eigenvalue weighted by atomic mass is 9.80. The highest BCUT2D eigenvalue weighted by molar-refractivity contribution is 5.35. The summed E-state index contributed by atoms with van der Waals surface area (Å²) in [4.78, 5) is 13.4. The third kappa shape index (κ3) is 5.77. The van der Waals surface area contributed by atoms with Gasteiger partial charge in [0.2, 0.25) is 11.9 Å². The van der Waals surface area contributed by atoms with Crippen LogP contribution in [0.2, 0.25) is 0 Å². The molecule has 7 heteroatoms. The van der Waals surface area contributed by atoms with Gasteiger partial charge in [0.1, 0.15) is 6.33 Å². The first-order valence-corrected chi connectivity index (χ1v) is 10.5. The lowest BCUT2D eigenvalue weighted by Crippen LogP contribution is -2.60. The minimum absolute atomic E-state index is 0.0831. The summed E-state index contributed by atoms with van der Waals surface area (Å²) in [6, 6.07) is 0.663. The second kappa shape index (κ2) is 7.10. The summed E-state index contributed by atoms with van der Waals surface area (Å²) >= 11 is 0. The van der Waals surface area contributed by atoms with Gasteiger partial charge in [-0.3, -0.25) is 0 Å². The summed E-state index contributed by atoms with van der Waals surface area (Å²) in [6.07, 6.45) is 5.72. The van der Waals surface area contributed by atoms with Crippen LogP contribution >= 0.6 is 0 Å². The van der Waals surface area contributed by atoms with Crippen LogP contribution in [0.5, 0.6) is 0 Å². The topological polar surface area (TPSA) is 86.8 Å². The van der Waals surface area contributed by atoms with E-state index in [2.05, 4.69) is 91.6 Å². The van der Waals surface area contributed by atoms with Gasteiger partial charge in [-0.05, 0) is 81.1 Å². The van der Waals surface area contributed by atoms with E-state index in [0.717, 1.165) is 25.7 Å². The zero-order chi connectivity index (χ0) is 20.8. The molecule has 1 aromatic rings. The Morgan fingerprint density at radius 2 is 1.00 bits per heavy atom. The smallest absolute Gasteiger partial charge is 0.227 e. The van der Waals surface area contributed by atoms with Crippen LogP contribution in [0.4, 0.5) is 11.9 Å². The molecule has 4 N–H and O–H groups in total. The first-order chi connectivity index (χ1) is 12.7. The van der Waals surface area contributed by atoms with E-state index in [1.54, 1.807) is 6.33 Å². The number of piperidine rings is 2. The van der Waals surface area contributed by atoms with Crippen molar-refractivity contribution in [2.45, 2.75) is 115 Å². The quantitative estimate of drug-likeness (QED) is 0.628. The van der Waals surface area contributed by atoms with Gasteiger partial charge in [0.25, 0.3) is 0 Å². The minimum atomic E-state index is 0.0831. The maximum atomic E-state index is 4.67. The Balaban J connectivity index is 1.67. The molecule has 0 unspecified atom stereocenters. The molecule has 3 heterocycles. The number of nitrogens with one attached hydrogen (secondary N) is 4. The van der Waals surface area contributed by atoms with Crippen molar-refractivity contribution in [2.75, 3.05) is 10.6 Å². The van der Waals surface area contributed by atoms with E-state index in [1.807, 2.05) is 0 Å². The number of aromatic nitrogens is 3. The van der Waals surface area contributed by atoms with E-state index >= 15 is 0 Å². The molecule has 0 spiro atoms. The van der Waals surface area contributed by atoms with Crippen molar-refractivity contribution in [3.63, 3.8) is 0 Å². The summed E-state index contributed by atoms with van der Waals surface area (Å²) in [6.45, 7) is 18.0. The Morgan fingerprint density at radius 1 is 0.679 bits per heavy atom. The minimum Gasteiger partial charge on any atom is -0.351 e. The number of hydrogen-bond acceptors (Lipinski definition) is 7. The van der Waals surface area contributed by atoms with E-state index in [-0.39, 0.29) is 22.2 Å². The molecule has 28 heavy (non-hydrogen) atoms. The maximum absolute atomic E-state index is 4.67. The van der Waals surface area contributed by atoms with Gasteiger partial charge in [0.15, 0.2) is 0 Å². The average molecular weight is 390 g/mol. The molecule has 0 saturated carbocycles. The highest BCUT2D eigenvalue weighted by Crippen LogP contribution is 2.31. The molecule has 0 amide bonds. The predicted molar refractivity (Wildman–Crippen MR) is 116 cm³/mol. The molecule has 0 radical (unpaired) electrons. The first kappa shape index (κ1) is 21.2. The Morgan fingerprint density at radius 3 is 1.32 bits per heavy atom. The molecule has 7 nitrogen and oxygen atoms in total. The highest BCUT2D eigenvalue weighted by Gasteiger charge is 2.39. The second-order valence-electron chi connectivity index (χ2n) is 11.4. The maximum Gasteiger partial charge on any atom is 0.227 e. The molecule has 0 bridgehead atoms. The molecule has 0 aliphatic carbocycles. The molecule has 2 fully saturated rings. The Labute approximate surface area is 170 Å². The van der Waals surface area contributed by atoms with E-state index in [4.69, 9.17) is 0 Å². The molecule has 3 rings (SSSR count). The van der Waals surface area contributed by atoms with Crippen LogP contribution in [0.25, 0.3) is 0 Å². The molecule has 1 aromatic heterocycles. The molecule has 158 valence electrons. The molecular formula is C21H39N7. The number of anilines is 2. The van der Waals surface area contributed by atoms with Gasteiger partial charge in [-0.25, -0.2) is 9.97 Å². The first-order valence-electron chi connectivity index (χ1n) is 10.5. The largest absolute Gasteiger partial charge is 0.351 e. The average Bonchev–Trinajstić information content (AvgIpc) is 2.40. The Bertz CT molecular complexity index is 608. The lowest BCUT2D eigenvalue weighted by Gasteiger charge is -2.46. The Hall–Kier alpha value is -1.47. The van der Waals surface area contributed by atoms with Crippen molar-refractivity contribution < 1.29 is 0 Å². The van der Waals surface area contributed by atoms with Gasteiger partial charge in [0, 0.05) is 34.2 Å². The Kier molecular flexibility index (Phi) is 5.38. The fraction of sp³-hybridized carbons (Fsp3) is 0.857. The number of rotatable bonds is 4. The monoisotopic (exact) mass is 389 g/mol. The molecule has 0 aromatic carbocycles. The van der Waals surface area contributed by atoms with E-state index in [9.17, 15) is 0 Å². The van der Waals surface area contributed by atoms with Gasteiger partial charge in [-0.1, -0.05) is 0 Å². The predicted octanol–water partition coefficient (Wildman–Crippen LogP) is 3.31. The summed E-state index contributed by atoms with van der Waals surface area (Å²) < 4.78 is 0. The van der Waals surface area contributed by atoms with Crippen LogP contribution in [0.15, 0.2) is 6.33 Å². The van der Waals surface area contributed by atoms with Gasteiger partial charge in [-0.15, -0.1) is 0 Å². The van der Waals surface area contributed by atoms with Crippen LogP contribution in [-0.4, -0.2) is 49.2 Å². The van der Waals surface area contributed by atoms with Crippen molar-refractivity contribution >= 4 is 11.9 Å². The zero-order valence-corrected chi connectivity index (χ0v) is 18.9. The van der Waals surface area contributed by atoms with Crippen molar-refractivity contribution in [1.29, 1.82) is 0 Å². The summed E-state index contributed by atoms with van der Waals surface area (Å²) in [7, 11) is 0. The van der Waals surface area contributed by atoms with Crippen LogP contribution in [0.1, 0.15) is 81.1 Å². The number of nitrogens with zero attached hydrogens (tertiary/aromatic N) is 3. The van der Waals surface area contributed by atoms with Gasteiger partial charge in [0.05, 0.1) is 0 Å². The van der Waals surface area contributed by atoms with Crippen LogP contribution in [0, 0.1) is 0 Å². The van der Waals surface area contributed by atoms with Gasteiger partial charge in [-0.2, -0.15) is 4.98 Å². The second-order valence-corrected chi connectivity index (χ2v) is 11.4. The van der Waals surface area contributed by atoms with Crippen LogP contribution in [-0.2, 0) is 0 Å². The normalized spacial score (nSPS) is 26.6. The fourth-order valence-electron chi connectivity index (χ4n) is 5.65. The standard InChI is InChI=1S/C21H39N7/c1-18(2)9-14(10-19(3,4)27-18)24-16-22-13-23-17(26-16)25-15-11-20(5,6)28-21(7,8)12-15/h13-15,27-28H,9-12H2,1-8H3,(H2,22,23,24,25,26). The molecule has 0 atom stereocenters. The lowest BCUT2D eigenvalue weighted by molar-refractivity contribution is 0.170. The zero-order valence-electron chi connectivity index (χ0n) is 18.9. The van der Waals surface area contributed by atoms with Gasteiger partial charge < -0.3 is 21.3 Å². The SMILES string of the molecule is CC1(C)CC(Nc2ncnc(NC3CC(C)(C)NC(C)(C)C3)n2)CC(C)(C)N1. The third-order valence-corrected chi connectivity index (χ3v) is 5.62. The molecule has 2 aliphatic heterocycles. The van der Waals surface area contributed by atoms with Gasteiger partial charge >= 0.3 is 0 Å². The van der Waals surface area contributed by atoms with Crippen molar-refractivity contribution in [1.82, 2.24) is 25.6 Å². The molecular weight excluding hydrogens is 350 g/mol. The summed E-state index contributed by atoms with van der Waals surface area (Å²) in [5.74, 6) is 1.31. The third-order valence-electron chi connectivity index (χ3n) is 5.62. The van der Waals surface area contributed by atoms with Crippen LogP contribution in [0.3, 0.4) is 0 Å². The number of hydrogen-bond donors (Lipinski definition) is 4.